The third-order valence-corrected chi connectivity index (χ3v) is 7.59. The van der Waals surface area contributed by atoms with E-state index < -0.39 is 10.0 Å². The van der Waals surface area contributed by atoms with Gasteiger partial charge in [0.2, 0.25) is 15.9 Å². The zero-order chi connectivity index (χ0) is 20.9. The molecule has 2 heterocycles. The summed E-state index contributed by atoms with van der Waals surface area (Å²) >= 11 is 0. The van der Waals surface area contributed by atoms with E-state index in [0.29, 0.717) is 45.3 Å². The molecule has 0 aromatic heterocycles. The lowest BCUT2D eigenvalue weighted by Crippen LogP contribution is -2.40. The fourth-order valence-electron chi connectivity index (χ4n) is 3.78. The Morgan fingerprint density at radius 2 is 1.69 bits per heavy atom. The predicted octanol–water partition coefficient (Wildman–Crippen LogP) is 2.34. The molecule has 29 heavy (non-hydrogen) atoms. The number of sulfonamides is 1. The average molecular weight is 423 g/mol. The smallest absolute Gasteiger partial charge is 0.246 e. The highest BCUT2D eigenvalue weighted by Crippen LogP contribution is 2.26. The van der Waals surface area contributed by atoms with E-state index in [0.717, 1.165) is 18.4 Å². The molecule has 1 aromatic carbocycles. The molecule has 2 saturated heterocycles. The molecule has 1 aromatic rings. The molecule has 0 unspecified atom stereocenters. The SMILES string of the molecule is CCN(CC)S(=O)(=O)c1ccc(/C=C/C(=O)N2CCC(C3OCCO3)CC2)cc1. The molecule has 0 N–H and O–H groups in total. The third-order valence-electron chi connectivity index (χ3n) is 5.53. The van der Waals surface area contributed by atoms with Crippen molar-refractivity contribution < 1.29 is 22.7 Å². The van der Waals surface area contributed by atoms with E-state index in [2.05, 4.69) is 0 Å². The minimum Gasteiger partial charge on any atom is -0.350 e. The lowest BCUT2D eigenvalue weighted by Gasteiger charge is -2.33. The van der Waals surface area contributed by atoms with Gasteiger partial charge in [-0.2, -0.15) is 4.31 Å². The predicted molar refractivity (Wildman–Crippen MR) is 111 cm³/mol. The van der Waals surface area contributed by atoms with Crippen molar-refractivity contribution in [3.05, 3.63) is 35.9 Å². The van der Waals surface area contributed by atoms with E-state index in [1.54, 1.807) is 36.4 Å². The summed E-state index contributed by atoms with van der Waals surface area (Å²) in [6.07, 6.45) is 4.92. The van der Waals surface area contributed by atoms with Crippen molar-refractivity contribution in [2.24, 2.45) is 5.92 Å². The van der Waals surface area contributed by atoms with Gasteiger partial charge in [-0.25, -0.2) is 8.42 Å². The highest BCUT2D eigenvalue weighted by atomic mass is 32.2. The number of hydrogen-bond acceptors (Lipinski definition) is 5. The summed E-state index contributed by atoms with van der Waals surface area (Å²) in [5.74, 6) is 0.322. The van der Waals surface area contributed by atoms with Gasteiger partial charge < -0.3 is 14.4 Å². The Hall–Kier alpha value is -1.74. The van der Waals surface area contributed by atoms with Gasteiger partial charge in [0.1, 0.15) is 0 Å². The van der Waals surface area contributed by atoms with E-state index in [4.69, 9.17) is 9.47 Å². The first kappa shape index (κ1) is 22.0. The number of carbonyl (C=O) groups excluding carboxylic acids is 1. The summed E-state index contributed by atoms with van der Waals surface area (Å²) in [5.41, 5.74) is 0.791. The van der Waals surface area contributed by atoms with Crippen LogP contribution in [0.15, 0.2) is 35.2 Å². The van der Waals surface area contributed by atoms with E-state index in [1.165, 1.54) is 4.31 Å². The first-order chi connectivity index (χ1) is 14.0. The number of ether oxygens (including phenoxy) is 2. The molecule has 160 valence electrons. The number of benzene rings is 1. The van der Waals surface area contributed by atoms with Crippen LogP contribution in [0.1, 0.15) is 32.3 Å². The van der Waals surface area contributed by atoms with Crippen LogP contribution in [0.2, 0.25) is 0 Å². The van der Waals surface area contributed by atoms with Gasteiger partial charge in [-0.3, -0.25) is 4.79 Å². The van der Waals surface area contributed by atoms with Gasteiger partial charge in [-0.15, -0.1) is 0 Å². The van der Waals surface area contributed by atoms with Crippen LogP contribution >= 0.6 is 0 Å². The largest absolute Gasteiger partial charge is 0.350 e. The van der Waals surface area contributed by atoms with Crippen LogP contribution in [0.4, 0.5) is 0 Å². The number of carbonyl (C=O) groups is 1. The summed E-state index contributed by atoms with van der Waals surface area (Å²) < 4.78 is 37.6. The van der Waals surface area contributed by atoms with Crippen molar-refractivity contribution in [1.82, 2.24) is 9.21 Å². The Morgan fingerprint density at radius 3 is 2.24 bits per heavy atom. The molecular formula is C21H30N2O5S. The van der Waals surface area contributed by atoms with Crippen molar-refractivity contribution in [3.8, 4) is 0 Å². The monoisotopic (exact) mass is 422 g/mol. The number of hydrogen-bond donors (Lipinski definition) is 0. The minimum absolute atomic E-state index is 0.0310. The maximum absolute atomic E-state index is 12.5. The normalized spacial score (nSPS) is 19.5. The van der Waals surface area contributed by atoms with Crippen LogP contribution in [0, 0.1) is 5.92 Å². The van der Waals surface area contributed by atoms with E-state index >= 15 is 0 Å². The lowest BCUT2D eigenvalue weighted by molar-refractivity contribution is -0.131. The van der Waals surface area contributed by atoms with Gasteiger partial charge in [0.25, 0.3) is 0 Å². The Balaban J connectivity index is 1.55. The molecular weight excluding hydrogens is 392 g/mol. The summed E-state index contributed by atoms with van der Waals surface area (Å²) in [5, 5.41) is 0. The number of likely N-dealkylation sites (tertiary alicyclic amines) is 1. The van der Waals surface area contributed by atoms with Gasteiger partial charge in [-0.05, 0) is 36.6 Å². The molecule has 2 aliphatic heterocycles. The molecule has 0 bridgehead atoms. The third kappa shape index (κ3) is 5.25. The van der Waals surface area contributed by atoms with E-state index in [1.807, 2.05) is 18.7 Å². The average Bonchev–Trinajstić information content (AvgIpc) is 3.28. The van der Waals surface area contributed by atoms with Gasteiger partial charge in [0, 0.05) is 38.2 Å². The highest BCUT2D eigenvalue weighted by molar-refractivity contribution is 7.89. The standard InChI is InChI=1S/C21H30N2O5S/c1-3-23(4-2)29(25,26)19-8-5-17(6-9-19)7-10-20(24)22-13-11-18(12-14-22)21-27-15-16-28-21/h5-10,18,21H,3-4,11-16H2,1-2H3/b10-7+. The molecule has 8 heteroatoms. The number of amides is 1. The zero-order valence-electron chi connectivity index (χ0n) is 17.1. The molecule has 7 nitrogen and oxygen atoms in total. The topological polar surface area (TPSA) is 76.2 Å². The van der Waals surface area contributed by atoms with E-state index in [-0.39, 0.29) is 17.1 Å². The van der Waals surface area contributed by atoms with Crippen LogP contribution in [0.25, 0.3) is 6.08 Å². The molecule has 0 atom stereocenters. The Morgan fingerprint density at radius 1 is 1.10 bits per heavy atom. The highest BCUT2D eigenvalue weighted by Gasteiger charge is 2.31. The molecule has 3 rings (SSSR count). The second-order valence-corrected chi connectivity index (χ2v) is 9.20. The molecule has 2 fully saturated rings. The summed E-state index contributed by atoms with van der Waals surface area (Å²) in [6, 6.07) is 6.62. The first-order valence-electron chi connectivity index (χ1n) is 10.3. The van der Waals surface area contributed by atoms with Gasteiger partial charge in [-0.1, -0.05) is 26.0 Å². The maximum atomic E-state index is 12.5. The molecule has 0 radical (unpaired) electrons. The molecule has 2 aliphatic rings. The quantitative estimate of drug-likeness (QED) is 0.631. The molecule has 0 aliphatic carbocycles. The van der Waals surface area contributed by atoms with Crippen molar-refractivity contribution in [3.63, 3.8) is 0 Å². The van der Waals surface area contributed by atoms with Crippen LogP contribution in [0.3, 0.4) is 0 Å². The number of rotatable bonds is 7. The lowest BCUT2D eigenvalue weighted by atomic mass is 9.96. The fraction of sp³-hybridized carbons (Fsp3) is 0.571. The fourth-order valence-corrected chi connectivity index (χ4v) is 5.24. The van der Waals surface area contributed by atoms with Crippen LogP contribution in [0.5, 0.6) is 0 Å². The molecule has 1 amide bonds. The van der Waals surface area contributed by atoms with Gasteiger partial charge in [0.15, 0.2) is 6.29 Å². The second-order valence-electron chi connectivity index (χ2n) is 7.26. The summed E-state index contributed by atoms with van der Waals surface area (Å²) in [6.45, 7) is 7.20. The summed E-state index contributed by atoms with van der Waals surface area (Å²) in [7, 11) is -3.47. The molecule has 0 spiro atoms. The van der Waals surface area contributed by atoms with Gasteiger partial charge >= 0.3 is 0 Å². The second kappa shape index (κ2) is 9.84. The van der Waals surface area contributed by atoms with Crippen LogP contribution < -0.4 is 0 Å². The maximum Gasteiger partial charge on any atom is 0.246 e. The van der Waals surface area contributed by atoms with Crippen LogP contribution in [-0.2, 0) is 24.3 Å². The van der Waals surface area contributed by atoms with Crippen molar-refractivity contribution in [2.45, 2.75) is 37.9 Å². The Kier molecular flexibility index (Phi) is 7.45. The van der Waals surface area contributed by atoms with Gasteiger partial charge in [0.05, 0.1) is 18.1 Å². The van der Waals surface area contributed by atoms with Crippen LogP contribution in [-0.4, -0.2) is 69.2 Å². The zero-order valence-corrected chi connectivity index (χ0v) is 17.9. The van der Waals surface area contributed by atoms with E-state index in [9.17, 15) is 13.2 Å². The van der Waals surface area contributed by atoms with Crippen molar-refractivity contribution >= 4 is 22.0 Å². The number of nitrogens with zero attached hydrogens (tertiary/aromatic N) is 2. The number of piperidine rings is 1. The molecule has 0 saturated carbocycles. The summed E-state index contributed by atoms with van der Waals surface area (Å²) in [4.78, 5) is 14.6. The van der Waals surface area contributed by atoms with Crippen molar-refractivity contribution in [2.75, 3.05) is 39.4 Å². The van der Waals surface area contributed by atoms with Crippen molar-refractivity contribution in [1.29, 1.82) is 0 Å². The Labute approximate surface area is 173 Å². The first-order valence-corrected chi connectivity index (χ1v) is 11.7. The minimum atomic E-state index is -3.47. The Bertz CT molecular complexity index is 804.